The molecule has 0 aliphatic heterocycles. The SMILES string of the molecule is Cc1cc(Br)cc(C(=O)NCCC2CCCC2)c1. The van der Waals surface area contributed by atoms with E-state index in [1.165, 1.54) is 25.7 Å². The van der Waals surface area contributed by atoms with E-state index in [1.807, 2.05) is 25.1 Å². The highest BCUT2D eigenvalue weighted by molar-refractivity contribution is 9.10. The fourth-order valence-electron chi connectivity index (χ4n) is 2.66. The number of rotatable bonds is 4. The van der Waals surface area contributed by atoms with E-state index in [2.05, 4.69) is 21.2 Å². The Morgan fingerprint density at radius 1 is 1.33 bits per heavy atom. The summed E-state index contributed by atoms with van der Waals surface area (Å²) in [7, 11) is 0. The first-order chi connectivity index (χ1) is 8.65. The third-order valence-electron chi connectivity index (χ3n) is 3.62. The number of hydrogen-bond donors (Lipinski definition) is 1. The molecule has 3 heteroatoms. The molecule has 1 fully saturated rings. The second-order valence-corrected chi connectivity index (χ2v) is 6.13. The lowest BCUT2D eigenvalue weighted by Gasteiger charge is -2.10. The summed E-state index contributed by atoms with van der Waals surface area (Å²) in [4.78, 5) is 12.0. The number of carbonyl (C=O) groups is 1. The topological polar surface area (TPSA) is 29.1 Å². The molecule has 0 spiro atoms. The fraction of sp³-hybridized carbons (Fsp3) is 0.533. The summed E-state index contributed by atoms with van der Waals surface area (Å²) in [6.45, 7) is 2.80. The number of nitrogens with one attached hydrogen (secondary N) is 1. The maximum atomic E-state index is 12.0. The van der Waals surface area contributed by atoms with Crippen LogP contribution in [-0.2, 0) is 0 Å². The summed E-state index contributed by atoms with van der Waals surface area (Å²) in [6, 6.07) is 5.81. The van der Waals surface area contributed by atoms with E-state index in [9.17, 15) is 4.79 Å². The van der Waals surface area contributed by atoms with Crippen molar-refractivity contribution in [3.63, 3.8) is 0 Å². The number of halogens is 1. The Bertz CT molecular complexity index is 404. The Morgan fingerprint density at radius 3 is 2.72 bits per heavy atom. The molecule has 0 saturated heterocycles. The lowest BCUT2D eigenvalue weighted by Crippen LogP contribution is -2.25. The maximum Gasteiger partial charge on any atom is 0.251 e. The van der Waals surface area contributed by atoms with Crippen molar-refractivity contribution >= 4 is 21.8 Å². The monoisotopic (exact) mass is 309 g/mol. The van der Waals surface area contributed by atoms with Gasteiger partial charge in [-0.1, -0.05) is 41.6 Å². The summed E-state index contributed by atoms with van der Waals surface area (Å²) < 4.78 is 0.962. The van der Waals surface area contributed by atoms with Crippen LogP contribution >= 0.6 is 15.9 Å². The lowest BCUT2D eigenvalue weighted by atomic mass is 10.0. The Balaban J connectivity index is 1.83. The minimum atomic E-state index is 0.0393. The van der Waals surface area contributed by atoms with Crippen molar-refractivity contribution < 1.29 is 4.79 Å². The van der Waals surface area contributed by atoms with Crippen LogP contribution in [0.1, 0.15) is 48.0 Å². The molecule has 18 heavy (non-hydrogen) atoms. The largest absolute Gasteiger partial charge is 0.352 e. The van der Waals surface area contributed by atoms with Crippen LogP contribution in [0.4, 0.5) is 0 Å². The van der Waals surface area contributed by atoms with Crippen LogP contribution in [-0.4, -0.2) is 12.5 Å². The molecule has 1 amide bonds. The van der Waals surface area contributed by atoms with Crippen molar-refractivity contribution in [3.05, 3.63) is 33.8 Å². The van der Waals surface area contributed by atoms with Crippen LogP contribution in [0.25, 0.3) is 0 Å². The molecule has 1 aromatic carbocycles. The highest BCUT2D eigenvalue weighted by Gasteiger charge is 2.15. The molecule has 2 nitrogen and oxygen atoms in total. The molecule has 2 rings (SSSR count). The van der Waals surface area contributed by atoms with E-state index < -0.39 is 0 Å². The zero-order valence-corrected chi connectivity index (χ0v) is 12.4. The van der Waals surface area contributed by atoms with Crippen LogP contribution in [0, 0.1) is 12.8 Å². The van der Waals surface area contributed by atoms with Gasteiger partial charge in [-0.2, -0.15) is 0 Å². The zero-order chi connectivity index (χ0) is 13.0. The van der Waals surface area contributed by atoms with Gasteiger partial charge in [0.05, 0.1) is 0 Å². The van der Waals surface area contributed by atoms with Gasteiger partial charge in [0.2, 0.25) is 0 Å². The van der Waals surface area contributed by atoms with Gasteiger partial charge in [-0.3, -0.25) is 4.79 Å². The zero-order valence-electron chi connectivity index (χ0n) is 10.8. The van der Waals surface area contributed by atoms with Crippen LogP contribution in [0.2, 0.25) is 0 Å². The van der Waals surface area contributed by atoms with Crippen molar-refractivity contribution in [2.75, 3.05) is 6.54 Å². The molecular weight excluding hydrogens is 290 g/mol. The predicted octanol–water partition coefficient (Wildman–Crippen LogP) is 4.07. The van der Waals surface area contributed by atoms with Gasteiger partial charge in [0.25, 0.3) is 5.91 Å². The van der Waals surface area contributed by atoms with Crippen molar-refractivity contribution in [3.8, 4) is 0 Å². The van der Waals surface area contributed by atoms with Crippen LogP contribution in [0.3, 0.4) is 0 Å². The molecule has 1 aromatic rings. The lowest BCUT2D eigenvalue weighted by molar-refractivity contribution is 0.0951. The first-order valence-corrected chi connectivity index (χ1v) is 7.50. The quantitative estimate of drug-likeness (QED) is 0.892. The summed E-state index contributed by atoms with van der Waals surface area (Å²) in [5.41, 5.74) is 1.85. The number of carbonyl (C=O) groups excluding carboxylic acids is 1. The summed E-state index contributed by atoms with van der Waals surface area (Å²) >= 11 is 3.42. The van der Waals surface area contributed by atoms with Crippen LogP contribution in [0.5, 0.6) is 0 Å². The molecule has 0 bridgehead atoms. The number of amides is 1. The normalized spacial score (nSPS) is 15.9. The van der Waals surface area contributed by atoms with Gasteiger partial charge in [0.1, 0.15) is 0 Å². The molecule has 1 aliphatic carbocycles. The van der Waals surface area contributed by atoms with Crippen molar-refractivity contribution in [1.82, 2.24) is 5.32 Å². The summed E-state index contributed by atoms with van der Waals surface area (Å²) in [6.07, 6.45) is 6.53. The first-order valence-electron chi connectivity index (χ1n) is 6.70. The van der Waals surface area contributed by atoms with E-state index in [0.29, 0.717) is 0 Å². The Hall–Kier alpha value is -0.830. The Labute approximate surface area is 117 Å². The standard InChI is InChI=1S/C15H20BrNO/c1-11-8-13(10-14(16)9-11)15(18)17-7-6-12-4-2-3-5-12/h8-10,12H,2-7H2,1H3,(H,17,18). The van der Waals surface area contributed by atoms with Gasteiger partial charge in [-0.05, 0) is 43.0 Å². The van der Waals surface area contributed by atoms with E-state index >= 15 is 0 Å². The average Bonchev–Trinajstić information content (AvgIpc) is 2.80. The van der Waals surface area contributed by atoms with Gasteiger partial charge in [-0.15, -0.1) is 0 Å². The number of hydrogen-bond acceptors (Lipinski definition) is 1. The number of benzene rings is 1. The minimum Gasteiger partial charge on any atom is -0.352 e. The third kappa shape index (κ3) is 3.84. The highest BCUT2D eigenvalue weighted by Crippen LogP contribution is 2.26. The van der Waals surface area contributed by atoms with Crippen LogP contribution < -0.4 is 5.32 Å². The molecule has 0 unspecified atom stereocenters. The first kappa shape index (κ1) is 13.6. The van der Waals surface area contributed by atoms with E-state index in [1.54, 1.807) is 0 Å². The minimum absolute atomic E-state index is 0.0393. The van der Waals surface area contributed by atoms with Gasteiger partial charge in [-0.25, -0.2) is 0 Å². The van der Waals surface area contributed by atoms with E-state index in [0.717, 1.165) is 34.5 Å². The average molecular weight is 310 g/mol. The van der Waals surface area contributed by atoms with Gasteiger partial charge in [0, 0.05) is 16.6 Å². The highest BCUT2D eigenvalue weighted by atomic mass is 79.9. The van der Waals surface area contributed by atoms with Gasteiger partial charge in [0.15, 0.2) is 0 Å². The Morgan fingerprint density at radius 2 is 2.06 bits per heavy atom. The number of aryl methyl sites for hydroxylation is 1. The molecule has 98 valence electrons. The molecule has 0 radical (unpaired) electrons. The second-order valence-electron chi connectivity index (χ2n) is 5.21. The third-order valence-corrected chi connectivity index (χ3v) is 4.08. The van der Waals surface area contributed by atoms with E-state index in [4.69, 9.17) is 0 Å². The van der Waals surface area contributed by atoms with Crippen molar-refractivity contribution in [2.24, 2.45) is 5.92 Å². The predicted molar refractivity (Wildman–Crippen MR) is 77.8 cm³/mol. The molecule has 0 atom stereocenters. The smallest absolute Gasteiger partial charge is 0.251 e. The summed E-state index contributed by atoms with van der Waals surface area (Å²) in [5.74, 6) is 0.868. The molecule has 1 N–H and O–H groups in total. The Kier molecular flexibility index (Phi) is 4.81. The molecule has 1 saturated carbocycles. The molecule has 0 heterocycles. The fourth-order valence-corrected chi connectivity index (χ4v) is 3.27. The van der Waals surface area contributed by atoms with Crippen molar-refractivity contribution in [2.45, 2.75) is 39.0 Å². The van der Waals surface area contributed by atoms with E-state index in [-0.39, 0.29) is 5.91 Å². The van der Waals surface area contributed by atoms with Crippen molar-refractivity contribution in [1.29, 1.82) is 0 Å². The molecule has 0 aromatic heterocycles. The molecule has 1 aliphatic rings. The second kappa shape index (κ2) is 6.37. The van der Waals surface area contributed by atoms with Gasteiger partial charge >= 0.3 is 0 Å². The summed E-state index contributed by atoms with van der Waals surface area (Å²) in [5, 5.41) is 3.02. The van der Waals surface area contributed by atoms with Gasteiger partial charge < -0.3 is 5.32 Å². The van der Waals surface area contributed by atoms with Crippen LogP contribution in [0.15, 0.2) is 22.7 Å². The maximum absolute atomic E-state index is 12.0. The molecular formula is C15H20BrNO.